The van der Waals surface area contributed by atoms with E-state index in [-0.39, 0.29) is 6.04 Å². The molecule has 7 nitrogen and oxygen atoms in total. The van der Waals surface area contributed by atoms with Crippen LogP contribution in [0.5, 0.6) is 0 Å². The van der Waals surface area contributed by atoms with E-state index in [0.29, 0.717) is 10.6 Å². The highest BCUT2D eigenvalue weighted by Gasteiger charge is 2.24. The molecule has 1 atom stereocenters. The first-order chi connectivity index (χ1) is 13.6. The molecule has 4 rings (SSSR count). The van der Waals surface area contributed by atoms with E-state index >= 15 is 0 Å². The maximum Gasteiger partial charge on any atom is 0.128 e. The molecule has 0 spiro atoms. The zero-order chi connectivity index (χ0) is 19.5. The van der Waals surface area contributed by atoms with Crippen molar-refractivity contribution in [2.45, 2.75) is 13.0 Å². The van der Waals surface area contributed by atoms with E-state index in [4.69, 9.17) is 16.9 Å². The normalized spacial score (nSPS) is 16.0. The zero-order valence-electron chi connectivity index (χ0n) is 15.5. The summed E-state index contributed by atoms with van der Waals surface area (Å²) >= 11 is 6.07. The van der Waals surface area contributed by atoms with Crippen LogP contribution in [0.25, 0.3) is 5.69 Å². The Bertz CT molecular complexity index is 984. The number of aromatic nitrogens is 4. The molecule has 0 saturated carbocycles. The summed E-state index contributed by atoms with van der Waals surface area (Å²) in [5.41, 5.74) is 2.42. The minimum atomic E-state index is 0.170. The largest absolute Gasteiger partial charge is 0.354 e. The van der Waals surface area contributed by atoms with Gasteiger partial charge in [0.05, 0.1) is 29.2 Å². The van der Waals surface area contributed by atoms with E-state index in [1.807, 2.05) is 42.6 Å². The van der Waals surface area contributed by atoms with Crippen LogP contribution in [-0.2, 0) is 0 Å². The second-order valence-electron chi connectivity index (χ2n) is 6.78. The van der Waals surface area contributed by atoms with Crippen LogP contribution in [0.3, 0.4) is 0 Å². The van der Waals surface area contributed by atoms with E-state index in [0.717, 1.165) is 43.4 Å². The van der Waals surface area contributed by atoms with Crippen molar-refractivity contribution in [2.75, 3.05) is 31.1 Å². The van der Waals surface area contributed by atoms with Gasteiger partial charge < -0.3 is 4.90 Å². The first kappa shape index (κ1) is 18.4. The third-order valence-corrected chi connectivity index (χ3v) is 5.31. The Hall–Kier alpha value is -2.95. The molecule has 0 aliphatic carbocycles. The van der Waals surface area contributed by atoms with Crippen molar-refractivity contribution in [1.82, 2.24) is 24.9 Å². The van der Waals surface area contributed by atoms with Crippen LogP contribution < -0.4 is 4.90 Å². The summed E-state index contributed by atoms with van der Waals surface area (Å²) in [5.74, 6) is 0.915. The van der Waals surface area contributed by atoms with Crippen molar-refractivity contribution in [3.8, 4) is 11.8 Å². The van der Waals surface area contributed by atoms with Gasteiger partial charge in [0.25, 0.3) is 0 Å². The van der Waals surface area contributed by atoms with Crippen molar-refractivity contribution >= 4 is 17.4 Å². The van der Waals surface area contributed by atoms with Crippen molar-refractivity contribution in [3.05, 3.63) is 65.1 Å². The van der Waals surface area contributed by atoms with Gasteiger partial charge in [-0.05, 0) is 37.3 Å². The molecule has 0 bridgehead atoms. The van der Waals surface area contributed by atoms with Gasteiger partial charge in [0.1, 0.15) is 11.9 Å². The number of nitrogens with zero attached hydrogens (tertiary/aromatic N) is 7. The van der Waals surface area contributed by atoms with Gasteiger partial charge in [-0.1, -0.05) is 22.9 Å². The molecule has 0 amide bonds. The second kappa shape index (κ2) is 7.97. The molecule has 3 heterocycles. The van der Waals surface area contributed by atoms with Crippen LogP contribution in [0.1, 0.15) is 24.2 Å². The van der Waals surface area contributed by atoms with E-state index in [2.05, 4.69) is 38.1 Å². The fourth-order valence-electron chi connectivity index (χ4n) is 3.38. The average molecular weight is 394 g/mol. The van der Waals surface area contributed by atoms with E-state index < -0.39 is 0 Å². The lowest BCUT2D eigenvalue weighted by atomic mass is 10.2. The maximum atomic E-state index is 8.90. The molecule has 1 aliphatic heterocycles. The van der Waals surface area contributed by atoms with E-state index in [1.165, 1.54) is 0 Å². The number of piperazine rings is 1. The number of pyridine rings is 1. The number of halogens is 1. The highest BCUT2D eigenvalue weighted by molar-refractivity contribution is 6.30. The Morgan fingerprint density at radius 1 is 1.14 bits per heavy atom. The molecular weight excluding hydrogens is 374 g/mol. The Balaban J connectivity index is 1.40. The number of benzene rings is 1. The van der Waals surface area contributed by atoms with Crippen LogP contribution in [0, 0.1) is 11.3 Å². The highest BCUT2D eigenvalue weighted by atomic mass is 35.5. The van der Waals surface area contributed by atoms with Gasteiger partial charge in [0.15, 0.2) is 0 Å². The molecule has 28 heavy (non-hydrogen) atoms. The molecule has 1 aromatic carbocycles. The van der Waals surface area contributed by atoms with Crippen molar-refractivity contribution in [2.24, 2.45) is 0 Å². The summed E-state index contributed by atoms with van der Waals surface area (Å²) in [5, 5.41) is 18.2. The predicted molar refractivity (Wildman–Crippen MR) is 108 cm³/mol. The fraction of sp³-hybridized carbons (Fsp3) is 0.300. The predicted octanol–water partition coefficient (Wildman–Crippen LogP) is 3.07. The van der Waals surface area contributed by atoms with Gasteiger partial charge in [-0.3, -0.25) is 4.90 Å². The SMILES string of the molecule is CC(c1cn(-c2cccc(Cl)c2)nn1)N1CCN(c2ccc(C#N)cn2)CC1. The van der Waals surface area contributed by atoms with E-state index in [9.17, 15) is 0 Å². The molecular formula is C20H20ClN7. The maximum absolute atomic E-state index is 8.90. The number of hydrogen-bond donors (Lipinski definition) is 0. The summed E-state index contributed by atoms with van der Waals surface area (Å²) in [4.78, 5) is 9.03. The number of hydrogen-bond acceptors (Lipinski definition) is 6. The molecule has 8 heteroatoms. The summed E-state index contributed by atoms with van der Waals surface area (Å²) in [6.07, 6.45) is 3.59. The van der Waals surface area contributed by atoms with Gasteiger partial charge in [0.2, 0.25) is 0 Å². The average Bonchev–Trinajstić information content (AvgIpc) is 3.24. The lowest BCUT2D eigenvalue weighted by molar-refractivity contribution is 0.195. The van der Waals surface area contributed by atoms with Crippen LogP contribution >= 0.6 is 11.6 Å². The fourth-order valence-corrected chi connectivity index (χ4v) is 3.56. The topological polar surface area (TPSA) is 73.9 Å². The zero-order valence-corrected chi connectivity index (χ0v) is 16.3. The Kier molecular flexibility index (Phi) is 5.24. The smallest absolute Gasteiger partial charge is 0.128 e. The summed E-state index contributed by atoms with van der Waals surface area (Å²) in [6, 6.07) is 13.6. The Morgan fingerprint density at radius 3 is 2.64 bits per heavy atom. The molecule has 0 radical (unpaired) electrons. The third kappa shape index (κ3) is 3.84. The molecule has 2 aromatic heterocycles. The second-order valence-corrected chi connectivity index (χ2v) is 7.22. The van der Waals surface area contributed by atoms with Crippen LogP contribution in [0.4, 0.5) is 5.82 Å². The molecule has 0 N–H and O–H groups in total. The van der Waals surface area contributed by atoms with E-state index in [1.54, 1.807) is 10.9 Å². The molecule has 1 saturated heterocycles. The minimum Gasteiger partial charge on any atom is -0.354 e. The first-order valence-corrected chi connectivity index (χ1v) is 9.55. The minimum absolute atomic E-state index is 0.170. The lowest BCUT2D eigenvalue weighted by Crippen LogP contribution is -2.47. The van der Waals surface area contributed by atoms with Gasteiger partial charge in [-0.25, -0.2) is 9.67 Å². The third-order valence-electron chi connectivity index (χ3n) is 5.07. The summed E-state index contributed by atoms with van der Waals surface area (Å²) in [7, 11) is 0. The lowest BCUT2D eigenvalue weighted by Gasteiger charge is -2.37. The van der Waals surface area contributed by atoms with Crippen LogP contribution in [0.2, 0.25) is 5.02 Å². The quantitative estimate of drug-likeness (QED) is 0.678. The van der Waals surface area contributed by atoms with Crippen LogP contribution in [-0.4, -0.2) is 51.1 Å². The molecule has 1 aliphatic rings. The molecule has 3 aromatic rings. The number of rotatable bonds is 4. The van der Waals surface area contributed by atoms with Crippen molar-refractivity contribution in [3.63, 3.8) is 0 Å². The first-order valence-electron chi connectivity index (χ1n) is 9.17. The summed E-state index contributed by atoms with van der Waals surface area (Å²) < 4.78 is 1.76. The monoisotopic (exact) mass is 393 g/mol. The number of nitriles is 1. The molecule has 142 valence electrons. The summed E-state index contributed by atoms with van der Waals surface area (Å²) in [6.45, 7) is 5.74. The van der Waals surface area contributed by atoms with Crippen molar-refractivity contribution in [1.29, 1.82) is 5.26 Å². The highest BCUT2D eigenvalue weighted by Crippen LogP contribution is 2.23. The van der Waals surface area contributed by atoms with Gasteiger partial charge in [-0.15, -0.1) is 5.10 Å². The molecule has 1 fully saturated rings. The van der Waals surface area contributed by atoms with Gasteiger partial charge >= 0.3 is 0 Å². The van der Waals surface area contributed by atoms with Gasteiger partial charge in [-0.2, -0.15) is 5.26 Å². The van der Waals surface area contributed by atoms with Crippen molar-refractivity contribution < 1.29 is 0 Å². The Morgan fingerprint density at radius 2 is 1.96 bits per heavy atom. The Labute approximate surface area is 168 Å². The van der Waals surface area contributed by atoms with Gasteiger partial charge in [0, 0.05) is 37.4 Å². The van der Waals surface area contributed by atoms with Crippen LogP contribution in [0.15, 0.2) is 48.8 Å². The molecule has 1 unspecified atom stereocenters. The number of anilines is 1. The standard InChI is InChI=1S/C20H20ClN7/c1-15(19-14-28(25-24-19)18-4-2-3-17(21)11-18)26-7-9-27(10-8-26)20-6-5-16(12-22)13-23-20/h2-6,11,13-15H,7-10H2,1H3.